The molecule has 1 heterocycles. The molecule has 0 aliphatic rings. The monoisotopic (exact) mass is 344 g/mol. The number of nitrogens with zero attached hydrogens (tertiary/aromatic N) is 1. The van der Waals surface area contributed by atoms with Gasteiger partial charge in [0.05, 0.1) is 6.20 Å². The molecule has 0 radical (unpaired) electrons. The molecule has 1 atom stereocenters. The molecule has 2 aromatic rings. The lowest BCUT2D eigenvalue weighted by Crippen LogP contribution is -2.28. The molecule has 0 saturated heterocycles. The van der Waals surface area contributed by atoms with Crippen LogP contribution in [-0.4, -0.2) is 21.9 Å². The van der Waals surface area contributed by atoms with Crippen molar-refractivity contribution < 1.29 is 9.53 Å². The summed E-state index contributed by atoms with van der Waals surface area (Å²) >= 11 is 0. The van der Waals surface area contributed by atoms with E-state index in [9.17, 15) is 4.79 Å². The van der Waals surface area contributed by atoms with Crippen LogP contribution < -0.4 is 10.6 Å². The molecule has 0 saturated carbocycles. The Bertz CT molecular complexity index is 686. The van der Waals surface area contributed by atoms with Crippen LogP contribution >= 0.6 is 0 Å². The van der Waals surface area contributed by atoms with Crippen molar-refractivity contribution in [2.75, 3.05) is 5.32 Å². The summed E-state index contributed by atoms with van der Waals surface area (Å²) in [6.07, 6.45) is 2.24. The number of aromatic amines is 1. The van der Waals surface area contributed by atoms with Gasteiger partial charge >= 0.3 is 6.09 Å². The summed E-state index contributed by atoms with van der Waals surface area (Å²) in [6.45, 7) is 10.3. The van der Waals surface area contributed by atoms with Crippen molar-refractivity contribution in [1.82, 2.24) is 15.5 Å². The highest BCUT2D eigenvalue weighted by atomic mass is 16.6. The molecule has 0 spiro atoms. The fourth-order valence-electron chi connectivity index (χ4n) is 2.38. The number of benzene rings is 1. The van der Waals surface area contributed by atoms with E-state index in [1.54, 1.807) is 6.20 Å². The van der Waals surface area contributed by atoms with E-state index in [0.717, 1.165) is 12.0 Å². The van der Waals surface area contributed by atoms with Crippen molar-refractivity contribution in [3.05, 3.63) is 47.2 Å². The van der Waals surface area contributed by atoms with Crippen molar-refractivity contribution in [3.8, 4) is 0 Å². The Labute approximate surface area is 149 Å². The van der Waals surface area contributed by atoms with E-state index in [1.807, 2.05) is 20.8 Å². The third-order valence-electron chi connectivity index (χ3n) is 3.83. The molecule has 1 aromatic carbocycles. The quantitative estimate of drug-likeness (QED) is 0.735. The summed E-state index contributed by atoms with van der Waals surface area (Å²) in [7, 11) is 0. The van der Waals surface area contributed by atoms with Gasteiger partial charge < -0.3 is 10.1 Å². The van der Waals surface area contributed by atoms with Gasteiger partial charge in [-0.25, -0.2) is 4.79 Å². The second-order valence-corrected chi connectivity index (χ2v) is 7.09. The highest BCUT2D eigenvalue weighted by Gasteiger charge is 2.18. The third-order valence-corrected chi connectivity index (χ3v) is 3.83. The molecule has 6 nitrogen and oxygen atoms in total. The van der Waals surface area contributed by atoms with Gasteiger partial charge in [-0.15, -0.1) is 0 Å². The number of H-pyrrole nitrogens is 1. The molecule has 0 bridgehead atoms. The number of aryl methyl sites for hydroxylation is 1. The van der Waals surface area contributed by atoms with E-state index in [4.69, 9.17) is 4.74 Å². The number of hydrogen-bond acceptors (Lipinski definition) is 4. The standard InChI is InChI=1S/C19H28N4O2/c1-6-14-7-9-15(10-8-14)13(2)20-11-16-12-21-23-17(16)22-18(24)25-19(3,4)5/h7-10,12-13,20H,6,11H2,1-5H3,(H2,21,22,23,24). The van der Waals surface area contributed by atoms with Gasteiger partial charge in [-0.3, -0.25) is 10.4 Å². The average Bonchev–Trinajstić information content (AvgIpc) is 2.97. The first-order valence-corrected chi connectivity index (χ1v) is 8.63. The molecule has 1 amide bonds. The first-order valence-electron chi connectivity index (χ1n) is 8.63. The number of amides is 1. The molecule has 1 aromatic heterocycles. The van der Waals surface area contributed by atoms with E-state index in [0.29, 0.717) is 12.4 Å². The number of carbonyl (C=O) groups excluding carboxylic acids is 1. The zero-order valence-corrected chi connectivity index (χ0v) is 15.6. The van der Waals surface area contributed by atoms with E-state index in [2.05, 4.69) is 58.9 Å². The smallest absolute Gasteiger partial charge is 0.413 e. The Morgan fingerprint density at radius 2 is 1.96 bits per heavy atom. The van der Waals surface area contributed by atoms with Crippen LogP contribution in [0.15, 0.2) is 30.5 Å². The molecular weight excluding hydrogens is 316 g/mol. The SMILES string of the molecule is CCc1ccc(C(C)NCc2cn[nH]c2NC(=O)OC(C)(C)C)cc1. The minimum Gasteiger partial charge on any atom is -0.444 e. The van der Waals surface area contributed by atoms with E-state index in [1.165, 1.54) is 11.1 Å². The number of anilines is 1. The van der Waals surface area contributed by atoms with Crippen molar-refractivity contribution >= 4 is 11.9 Å². The zero-order chi connectivity index (χ0) is 18.4. The van der Waals surface area contributed by atoms with Crippen LogP contribution in [0.1, 0.15) is 57.4 Å². The Balaban J connectivity index is 1.92. The molecular formula is C19H28N4O2. The van der Waals surface area contributed by atoms with Crippen LogP contribution in [0, 0.1) is 0 Å². The van der Waals surface area contributed by atoms with Gasteiger partial charge in [0.25, 0.3) is 0 Å². The van der Waals surface area contributed by atoms with Crippen LogP contribution in [-0.2, 0) is 17.7 Å². The number of carbonyl (C=O) groups is 1. The number of ether oxygens (including phenoxy) is 1. The first-order chi connectivity index (χ1) is 11.8. The fraction of sp³-hybridized carbons (Fsp3) is 0.474. The maximum atomic E-state index is 11.9. The van der Waals surface area contributed by atoms with Crippen molar-refractivity contribution in [2.45, 2.75) is 59.2 Å². The molecule has 0 aliphatic carbocycles. The minimum absolute atomic E-state index is 0.190. The maximum absolute atomic E-state index is 11.9. The third kappa shape index (κ3) is 5.90. The molecule has 1 unspecified atom stereocenters. The van der Waals surface area contributed by atoms with Crippen LogP contribution in [0.25, 0.3) is 0 Å². The van der Waals surface area contributed by atoms with Crippen LogP contribution in [0.5, 0.6) is 0 Å². The molecule has 6 heteroatoms. The zero-order valence-electron chi connectivity index (χ0n) is 15.6. The van der Waals surface area contributed by atoms with Gasteiger partial charge in [-0.2, -0.15) is 5.10 Å². The largest absolute Gasteiger partial charge is 0.444 e. The molecule has 136 valence electrons. The summed E-state index contributed by atoms with van der Waals surface area (Å²) in [5, 5.41) is 13.0. The summed E-state index contributed by atoms with van der Waals surface area (Å²) in [5.41, 5.74) is 2.89. The normalized spacial score (nSPS) is 12.7. The molecule has 0 fully saturated rings. The van der Waals surface area contributed by atoms with Gasteiger partial charge in [-0.05, 0) is 45.2 Å². The van der Waals surface area contributed by atoms with Crippen LogP contribution in [0.4, 0.5) is 10.6 Å². The Morgan fingerprint density at radius 1 is 1.28 bits per heavy atom. The lowest BCUT2D eigenvalue weighted by molar-refractivity contribution is 0.0635. The lowest BCUT2D eigenvalue weighted by Gasteiger charge is -2.19. The van der Waals surface area contributed by atoms with E-state index < -0.39 is 11.7 Å². The van der Waals surface area contributed by atoms with Crippen molar-refractivity contribution in [1.29, 1.82) is 0 Å². The van der Waals surface area contributed by atoms with Crippen molar-refractivity contribution in [2.24, 2.45) is 0 Å². The van der Waals surface area contributed by atoms with Crippen molar-refractivity contribution in [3.63, 3.8) is 0 Å². The highest BCUT2D eigenvalue weighted by Crippen LogP contribution is 2.17. The minimum atomic E-state index is -0.540. The Morgan fingerprint density at radius 3 is 2.56 bits per heavy atom. The second kappa shape index (κ2) is 8.16. The Kier molecular flexibility index (Phi) is 6.20. The number of nitrogens with one attached hydrogen (secondary N) is 3. The van der Waals surface area contributed by atoms with Crippen LogP contribution in [0.3, 0.4) is 0 Å². The van der Waals surface area contributed by atoms with Gasteiger partial charge in [0.1, 0.15) is 11.4 Å². The maximum Gasteiger partial charge on any atom is 0.413 e. The molecule has 2 rings (SSSR count). The summed E-state index contributed by atoms with van der Waals surface area (Å²) in [6, 6.07) is 8.79. The fourth-order valence-corrected chi connectivity index (χ4v) is 2.38. The number of aromatic nitrogens is 2. The molecule has 3 N–H and O–H groups in total. The van der Waals surface area contributed by atoms with E-state index >= 15 is 0 Å². The second-order valence-electron chi connectivity index (χ2n) is 7.09. The van der Waals surface area contributed by atoms with Gasteiger partial charge in [0.2, 0.25) is 0 Å². The van der Waals surface area contributed by atoms with Gasteiger partial charge in [0.15, 0.2) is 0 Å². The number of rotatable bonds is 6. The van der Waals surface area contributed by atoms with Gasteiger partial charge in [-0.1, -0.05) is 31.2 Å². The predicted octanol–water partition coefficient (Wildman–Crippen LogP) is 4.17. The lowest BCUT2D eigenvalue weighted by atomic mass is 10.0. The summed E-state index contributed by atoms with van der Waals surface area (Å²) in [5.74, 6) is 0.551. The predicted molar refractivity (Wildman–Crippen MR) is 99.5 cm³/mol. The Hall–Kier alpha value is -2.34. The average molecular weight is 344 g/mol. The number of hydrogen-bond donors (Lipinski definition) is 3. The van der Waals surface area contributed by atoms with Gasteiger partial charge in [0, 0.05) is 18.2 Å². The van der Waals surface area contributed by atoms with E-state index in [-0.39, 0.29) is 6.04 Å². The summed E-state index contributed by atoms with van der Waals surface area (Å²) in [4.78, 5) is 11.9. The first kappa shape index (κ1) is 19.0. The highest BCUT2D eigenvalue weighted by molar-refractivity contribution is 5.84. The van der Waals surface area contributed by atoms with Crippen LogP contribution in [0.2, 0.25) is 0 Å². The molecule has 0 aliphatic heterocycles. The molecule has 25 heavy (non-hydrogen) atoms. The summed E-state index contributed by atoms with van der Waals surface area (Å²) < 4.78 is 5.26. The topological polar surface area (TPSA) is 79.0 Å².